The molecule has 4 rings (SSSR count). The zero-order valence-electron chi connectivity index (χ0n) is 17.6. The van der Waals surface area contributed by atoms with E-state index in [4.69, 9.17) is 0 Å². The van der Waals surface area contributed by atoms with Gasteiger partial charge in [-0.25, -0.2) is 13.5 Å². The van der Waals surface area contributed by atoms with Gasteiger partial charge < -0.3 is 9.80 Å². The SMILES string of the molecule is CCCn1nc(C(=O)N2CCN(C(=O)c3ccc(F)c(F)c3)CC2)c2ccccc2c1=O. The summed E-state index contributed by atoms with van der Waals surface area (Å²) in [6, 6.07) is 9.93. The minimum absolute atomic E-state index is 0.0583. The van der Waals surface area contributed by atoms with Gasteiger partial charge >= 0.3 is 0 Å². The smallest absolute Gasteiger partial charge is 0.275 e. The standard InChI is InChI=1S/C23H22F2N4O3/c1-2-9-29-22(31)17-6-4-3-5-16(17)20(26-29)23(32)28-12-10-27(11-13-28)21(30)15-7-8-18(24)19(25)14-15/h3-8,14H,2,9-13H2,1H3. The van der Waals surface area contributed by atoms with Crippen LogP contribution in [-0.4, -0.2) is 57.6 Å². The van der Waals surface area contributed by atoms with Crippen LogP contribution in [-0.2, 0) is 6.54 Å². The molecule has 9 heteroatoms. The summed E-state index contributed by atoms with van der Waals surface area (Å²) in [5.41, 5.74) is 0.0259. The van der Waals surface area contributed by atoms with E-state index in [-0.39, 0.29) is 48.9 Å². The van der Waals surface area contributed by atoms with Crippen molar-refractivity contribution in [3.63, 3.8) is 0 Å². The number of rotatable bonds is 4. The van der Waals surface area contributed by atoms with E-state index in [9.17, 15) is 23.2 Å². The van der Waals surface area contributed by atoms with Crippen LogP contribution in [0, 0.1) is 11.6 Å². The number of carbonyl (C=O) groups excluding carboxylic acids is 2. The molecule has 1 fully saturated rings. The molecule has 1 aliphatic rings. The van der Waals surface area contributed by atoms with Crippen LogP contribution in [0.25, 0.3) is 10.8 Å². The summed E-state index contributed by atoms with van der Waals surface area (Å²) < 4.78 is 27.9. The molecule has 1 aromatic heterocycles. The zero-order valence-corrected chi connectivity index (χ0v) is 17.6. The van der Waals surface area contributed by atoms with Gasteiger partial charge in [0.15, 0.2) is 17.3 Å². The van der Waals surface area contributed by atoms with Gasteiger partial charge in [0.25, 0.3) is 17.4 Å². The Kier molecular flexibility index (Phi) is 5.98. The highest BCUT2D eigenvalue weighted by molar-refractivity contribution is 6.05. The molecule has 0 spiro atoms. The third kappa shape index (κ3) is 3.98. The number of piperazine rings is 1. The quantitative estimate of drug-likeness (QED) is 0.625. The molecule has 1 aliphatic heterocycles. The monoisotopic (exact) mass is 440 g/mol. The van der Waals surface area contributed by atoms with Crippen LogP contribution < -0.4 is 5.56 Å². The first-order chi connectivity index (χ1) is 15.4. The van der Waals surface area contributed by atoms with E-state index in [0.29, 0.717) is 23.7 Å². The molecule has 2 amide bonds. The number of fused-ring (bicyclic) bond motifs is 1. The normalized spacial score (nSPS) is 14.1. The summed E-state index contributed by atoms with van der Waals surface area (Å²) in [6.45, 7) is 3.34. The Labute approximate surface area is 182 Å². The van der Waals surface area contributed by atoms with Crippen molar-refractivity contribution in [3.8, 4) is 0 Å². The predicted octanol–water partition coefficient (Wildman–Crippen LogP) is 2.68. The maximum Gasteiger partial charge on any atom is 0.275 e. The van der Waals surface area contributed by atoms with Gasteiger partial charge in [-0.15, -0.1) is 0 Å². The number of benzene rings is 2. The number of aryl methyl sites for hydroxylation is 1. The Morgan fingerprint density at radius 1 is 0.906 bits per heavy atom. The third-order valence-corrected chi connectivity index (χ3v) is 5.53. The molecule has 0 bridgehead atoms. The molecule has 0 saturated carbocycles. The first-order valence-corrected chi connectivity index (χ1v) is 10.4. The Bertz CT molecular complexity index is 1250. The Balaban J connectivity index is 1.54. The van der Waals surface area contributed by atoms with Gasteiger partial charge in [-0.1, -0.05) is 25.1 Å². The maximum absolute atomic E-state index is 13.5. The van der Waals surface area contributed by atoms with Crippen molar-refractivity contribution in [2.45, 2.75) is 19.9 Å². The molecule has 32 heavy (non-hydrogen) atoms. The number of halogens is 2. The molecule has 3 aromatic rings. The van der Waals surface area contributed by atoms with Gasteiger partial charge in [0.2, 0.25) is 0 Å². The average molecular weight is 440 g/mol. The van der Waals surface area contributed by atoms with Crippen LogP contribution in [0.5, 0.6) is 0 Å². The van der Waals surface area contributed by atoms with E-state index in [2.05, 4.69) is 5.10 Å². The van der Waals surface area contributed by atoms with Crippen molar-refractivity contribution in [1.29, 1.82) is 0 Å². The lowest BCUT2D eigenvalue weighted by Crippen LogP contribution is -2.51. The molecule has 2 aromatic carbocycles. The second-order valence-electron chi connectivity index (χ2n) is 7.64. The summed E-state index contributed by atoms with van der Waals surface area (Å²) in [4.78, 5) is 41.6. The molecule has 2 heterocycles. The van der Waals surface area contributed by atoms with Gasteiger partial charge in [-0.05, 0) is 30.7 Å². The highest BCUT2D eigenvalue weighted by atomic mass is 19.2. The minimum Gasteiger partial charge on any atom is -0.335 e. The summed E-state index contributed by atoms with van der Waals surface area (Å²) in [5, 5.41) is 5.27. The number of aromatic nitrogens is 2. The van der Waals surface area contributed by atoms with E-state index in [0.717, 1.165) is 12.1 Å². The van der Waals surface area contributed by atoms with E-state index in [1.807, 2.05) is 6.92 Å². The number of amides is 2. The van der Waals surface area contributed by atoms with Crippen molar-refractivity contribution in [2.75, 3.05) is 26.2 Å². The van der Waals surface area contributed by atoms with E-state index < -0.39 is 17.5 Å². The fraction of sp³-hybridized carbons (Fsp3) is 0.304. The lowest BCUT2D eigenvalue weighted by Gasteiger charge is -2.34. The molecular weight excluding hydrogens is 418 g/mol. The van der Waals surface area contributed by atoms with Crippen LogP contribution in [0.1, 0.15) is 34.2 Å². The lowest BCUT2D eigenvalue weighted by molar-refractivity contribution is 0.0531. The molecule has 0 unspecified atom stereocenters. The summed E-state index contributed by atoms with van der Waals surface area (Å²) in [5.74, 6) is -2.83. The number of hydrogen-bond acceptors (Lipinski definition) is 4. The van der Waals surface area contributed by atoms with Crippen LogP contribution in [0.3, 0.4) is 0 Å². The number of carbonyl (C=O) groups is 2. The maximum atomic E-state index is 13.5. The van der Waals surface area contributed by atoms with Crippen LogP contribution in [0.4, 0.5) is 8.78 Å². The van der Waals surface area contributed by atoms with Gasteiger partial charge in [0.05, 0.1) is 5.39 Å². The Hall–Kier alpha value is -3.62. The number of hydrogen-bond donors (Lipinski definition) is 0. The van der Waals surface area contributed by atoms with Crippen molar-refractivity contribution in [3.05, 3.63) is 75.7 Å². The van der Waals surface area contributed by atoms with Crippen molar-refractivity contribution in [1.82, 2.24) is 19.6 Å². The highest BCUT2D eigenvalue weighted by Gasteiger charge is 2.28. The van der Waals surface area contributed by atoms with Crippen LogP contribution in [0.2, 0.25) is 0 Å². The highest BCUT2D eigenvalue weighted by Crippen LogP contribution is 2.18. The summed E-state index contributed by atoms with van der Waals surface area (Å²) in [6.07, 6.45) is 0.698. The summed E-state index contributed by atoms with van der Waals surface area (Å²) in [7, 11) is 0. The fourth-order valence-electron chi connectivity index (χ4n) is 3.83. The van der Waals surface area contributed by atoms with E-state index >= 15 is 0 Å². The fourth-order valence-corrected chi connectivity index (χ4v) is 3.83. The largest absolute Gasteiger partial charge is 0.335 e. The van der Waals surface area contributed by atoms with Gasteiger partial charge in [-0.3, -0.25) is 14.4 Å². The first-order valence-electron chi connectivity index (χ1n) is 10.4. The molecule has 0 N–H and O–H groups in total. The molecule has 0 atom stereocenters. The Morgan fingerprint density at radius 3 is 2.16 bits per heavy atom. The van der Waals surface area contributed by atoms with Crippen molar-refractivity contribution >= 4 is 22.6 Å². The van der Waals surface area contributed by atoms with Gasteiger partial charge in [-0.2, -0.15) is 5.10 Å². The Morgan fingerprint density at radius 2 is 1.53 bits per heavy atom. The lowest BCUT2D eigenvalue weighted by atomic mass is 10.1. The molecule has 0 aliphatic carbocycles. The molecular formula is C23H22F2N4O3. The van der Waals surface area contributed by atoms with Crippen molar-refractivity contribution in [2.24, 2.45) is 0 Å². The third-order valence-electron chi connectivity index (χ3n) is 5.53. The van der Waals surface area contributed by atoms with Crippen LogP contribution in [0.15, 0.2) is 47.3 Å². The van der Waals surface area contributed by atoms with E-state index in [1.165, 1.54) is 15.6 Å². The minimum atomic E-state index is -1.08. The van der Waals surface area contributed by atoms with Crippen LogP contribution >= 0.6 is 0 Å². The average Bonchev–Trinajstić information content (AvgIpc) is 2.82. The molecule has 166 valence electrons. The molecule has 1 saturated heterocycles. The van der Waals surface area contributed by atoms with Gasteiger partial charge in [0.1, 0.15) is 0 Å². The second kappa shape index (κ2) is 8.86. The number of nitrogens with zero attached hydrogens (tertiary/aromatic N) is 4. The molecule has 0 radical (unpaired) electrons. The first kappa shape index (κ1) is 21.6. The van der Waals surface area contributed by atoms with E-state index in [1.54, 1.807) is 29.2 Å². The summed E-state index contributed by atoms with van der Waals surface area (Å²) >= 11 is 0. The zero-order chi connectivity index (χ0) is 22.8. The van der Waals surface area contributed by atoms with Gasteiger partial charge in [0, 0.05) is 43.7 Å². The molecule has 7 nitrogen and oxygen atoms in total. The predicted molar refractivity (Wildman–Crippen MR) is 114 cm³/mol. The topological polar surface area (TPSA) is 75.5 Å². The second-order valence-corrected chi connectivity index (χ2v) is 7.64. The van der Waals surface area contributed by atoms with Crippen molar-refractivity contribution < 1.29 is 18.4 Å².